The second-order valence-corrected chi connectivity index (χ2v) is 8.60. The molecule has 0 fully saturated rings. The fourth-order valence-electron chi connectivity index (χ4n) is 2.32. The Balaban J connectivity index is 2.50. The highest BCUT2D eigenvalue weighted by molar-refractivity contribution is 9.10. The van der Waals surface area contributed by atoms with Crippen molar-refractivity contribution in [1.82, 2.24) is 0 Å². The van der Waals surface area contributed by atoms with Crippen LogP contribution >= 0.6 is 15.9 Å². The second-order valence-electron chi connectivity index (χ2n) is 7.74. The summed E-state index contributed by atoms with van der Waals surface area (Å²) < 4.78 is 7.15. The Hall–Kier alpha value is -1.28. The maximum absolute atomic E-state index is 6.19. The van der Waals surface area contributed by atoms with E-state index in [-0.39, 0.29) is 10.8 Å². The zero-order chi connectivity index (χ0) is 16.5. The zero-order valence-electron chi connectivity index (χ0n) is 14.3. The monoisotopic (exact) mass is 360 g/mol. The molecular weight excluding hydrogens is 336 g/mol. The van der Waals surface area contributed by atoms with Crippen molar-refractivity contribution < 1.29 is 4.74 Å². The minimum atomic E-state index is 0.0256. The molecule has 0 heterocycles. The molecule has 0 spiro atoms. The fraction of sp³-hybridized carbons (Fsp3) is 0.400. The highest BCUT2D eigenvalue weighted by Crippen LogP contribution is 2.38. The predicted octanol–water partition coefficient (Wildman–Crippen LogP) is 6.84. The molecule has 118 valence electrons. The molecule has 2 aromatic carbocycles. The maximum atomic E-state index is 6.19. The van der Waals surface area contributed by atoms with E-state index in [2.05, 4.69) is 75.7 Å². The number of halogens is 1. The van der Waals surface area contributed by atoms with Crippen LogP contribution in [0.15, 0.2) is 46.9 Å². The first kappa shape index (κ1) is 17.1. The van der Waals surface area contributed by atoms with Crippen LogP contribution in [0.3, 0.4) is 0 Å². The van der Waals surface area contributed by atoms with Crippen LogP contribution in [0.1, 0.15) is 52.7 Å². The van der Waals surface area contributed by atoms with Gasteiger partial charge in [-0.2, -0.15) is 0 Å². The molecule has 2 aromatic rings. The lowest BCUT2D eigenvalue weighted by Gasteiger charge is -2.27. The van der Waals surface area contributed by atoms with Gasteiger partial charge in [-0.15, -0.1) is 0 Å². The van der Waals surface area contributed by atoms with Gasteiger partial charge in [0.05, 0.1) is 4.47 Å². The third-order valence-corrected chi connectivity index (χ3v) is 4.37. The summed E-state index contributed by atoms with van der Waals surface area (Å²) in [6.45, 7) is 13.4. The van der Waals surface area contributed by atoms with Crippen LogP contribution < -0.4 is 4.74 Å². The molecule has 0 radical (unpaired) electrons. The van der Waals surface area contributed by atoms with E-state index in [4.69, 9.17) is 4.74 Å². The van der Waals surface area contributed by atoms with Crippen LogP contribution in [0.4, 0.5) is 0 Å². The topological polar surface area (TPSA) is 9.23 Å². The van der Waals surface area contributed by atoms with Crippen LogP contribution in [-0.2, 0) is 10.8 Å². The van der Waals surface area contributed by atoms with Crippen LogP contribution in [0.25, 0.3) is 0 Å². The highest BCUT2D eigenvalue weighted by atomic mass is 79.9. The Morgan fingerprint density at radius 3 is 1.95 bits per heavy atom. The normalized spacial score (nSPS) is 12.3. The molecule has 0 saturated carbocycles. The highest BCUT2D eigenvalue weighted by Gasteiger charge is 2.23. The lowest BCUT2D eigenvalue weighted by Crippen LogP contribution is -2.17. The molecule has 0 aliphatic carbocycles. The summed E-state index contributed by atoms with van der Waals surface area (Å²) in [4.78, 5) is 0. The molecule has 1 nitrogen and oxygen atoms in total. The van der Waals surface area contributed by atoms with E-state index in [1.165, 1.54) is 11.1 Å². The lowest BCUT2D eigenvalue weighted by atomic mass is 9.80. The molecule has 2 rings (SSSR count). The quantitative estimate of drug-likeness (QED) is 0.569. The molecule has 0 amide bonds. The third kappa shape index (κ3) is 3.92. The number of benzene rings is 2. The van der Waals surface area contributed by atoms with Gasteiger partial charge in [0, 0.05) is 5.56 Å². The number of hydrogen-bond acceptors (Lipinski definition) is 1. The van der Waals surface area contributed by atoms with Gasteiger partial charge in [0.15, 0.2) is 0 Å². The molecule has 0 N–H and O–H groups in total. The van der Waals surface area contributed by atoms with Crippen molar-refractivity contribution in [3.63, 3.8) is 0 Å². The molecule has 0 atom stereocenters. The molecule has 0 saturated heterocycles. The minimum Gasteiger partial charge on any atom is -0.456 e. The Kier molecular flexibility index (Phi) is 4.72. The lowest BCUT2D eigenvalue weighted by molar-refractivity contribution is 0.451. The van der Waals surface area contributed by atoms with Crippen LogP contribution in [0.5, 0.6) is 11.5 Å². The Bertz CT molecular complexity index is 660. The van der Waals surface area contributed by atoms with E-state index < -0.39 is 0 Å². The Morgan fingerprint density at radius 2 is 1.41 bits per heavy atom. The molecule has 0 aliphatic heterocycles. The maximum Gasteiger partial charge on any atom is 0.141 e. The Morgan fingerprint density at radius 1 is 0.773 bits per heavy atom. The van der Waals surface area contributed by atoms with E-state index in [0.717, 1.165) is 16.0 Å². The third-order valence-electron chi connectivity index (χ3n) is 3.71. The number of ether oxygens (including phenoxy) is 1. The van der Waals surface area contributed by atoms with Crippen molar-refractivity contribution >= 4 is 15.9 Å². The summed E-state index contributed by atoms with van der Waals surface area (Å²) in [6.07, 6.45) is 0. The average Bonchev–Trinajstić information content (AvgIpc) is 2.39. The largest absolute Gasteiger partial charge is 0.456 e. The summed E-state index contributed by atoms with van der Waals surface area (Å²) in [6, 6.07) is 14.5. The van der Waals surface area contributed by atoms with E-state index in [9.17, 15) is 0 Å². The smallest absolute Gasteiger partial charge is 0.141 e. The number of hydrogen-bond donors (Lipinski definition) is 0. The predicted molar refractivity (Wildman–Crippen MR) is 98.1 cm³/mol. The molecule has 2 heteroatoms. The summed E-state index contributed by atoms with van der Waals surface area (Å²) in [7, 11) is 0. The van der Waals surface area contributed by atoms with E-state index in [0.29, 0.717) is 0 Å². The molecule has 0 aliphatic rings. The molecular formula is C20H25BrO. The standard InChI is InChI=1S/C20H25BrO/c1-19(2,3)14-11-12-17(15(13-14)20(4,5)6)22-18-10-8-7-9-16(18)21/h7-13H,1-6H3. The van der Waals surface area contributed by atoms with Crippen LogP contribution in [-0.4, -0.2) is 0 Å². The van der Waals surface area contributed by atoms with Gasteiger partial charge in [0.25, 0.3) is 0 Å². The van der Waals surface area contributed by atoms with Crippen molar-refractivity contribution in [3.05, 3.63) is 58.1 Å². The van der Waals surface area contributed by atoms with Gasteiger partial charge < -0.3 is 4.74 Å². The fourth-order valence-corrected chi connectivity index (χ4v) is 2.68. The van der Waals surface area contributed by atoms with E-state index in [1.807, 2.05) is 24.3 Å². The summed E-state index contributed by atoms with van der Waals surface area (Å²) in [5.74, 6) is 1.77. The Labute approximate surface area is 142 Å². The average molecular weight is 361 g/mol. The first-order chi connectivity index (χ1) is 10.1. The van der Waals surface area contributed by atoms with Gasteiger partial charge in [-0.1, -0.05) is 65.8 Å². The van der Waals surface area contributed by atoms with Gasteiger partial charge in [-0.05, 0) is 50.5 Å². The number of rotatable bonds is 2. The SMILES string of the molecule is CC(C)(C)c1ccc(Oc2ccccc2Br)c(C(C)(C)C)c1. The first-order valence-corrected chi connectivity index (χ1v) is 8.46. The summed E-state index contributed by atoms with van der Waals surface area (Å²) in [5, 5.41) is 0. The molecule has 22 heavy (non-hydrogen) atoms. The summed E-state index contributed by atoms with van der Waals surface area (Å²) in [5.41, 5.74) is 2.72. The van der Waals surface area contributed by atoms with Crippen molar-refractivity contribution in [2.45, 2.75) is 52.4 Å². The molecule has 0 unspecified atom stereocenters. The molecule has 0 bridgehead atoms. The van der Waals surface area contributed by atoms with E-state index >= 15 is 0 Å². The van der Waals surface area contributed by atoms with Crippen molar-refractivity contribution in [2.75, 3.05) is 0 Å². The summed E-state index contributed by atoms with van der Waals surface area (Å²) >= 11 is 3.55. The zero-order valence-corrected chi connectivity index (χ0v) is 15.9. The van der Waals surface area contributed by atoms with Crippen molar-refractivity contribution in [2.24, 2.45) is 0 Å². The van der Waals surface area contributed by atoms with Gasteiger partial charge in [-0.25, -0.2) is 0 Å². The van der Waals surface area contributed by atoms with Gasteiger partial charge >= 0.3 is 0 Å². The minimum absolute atomic E-state index is 0.0256. The van der Waals surface area contributed by atoms with Crippen molar-refractivity contribution in [3.8, 4) is 11.5 Å². The second kappa shape index (κ2) is 6.08. The van der Waals surface area contributed by atoms with Crippen molar-refractivity contribution in [1.29, 1.82) is 0 Å². The van der Waals surface area contributed by atoms with Crippen LogP contribution in [0, 0.1) is 0 Å². The first-order valence-electron chi connectivity index (χ1n) is 7.66. The van der Waals surface area contributed by atoms with Crippen LogP contribution in [0.2, 0.25) is 0 Å². The number of para-hydroxylation sites is 1. The van der Waals surface area contributed by atoms with Gasteiger partial charge in [-0.3, -0.25) is 0 Å². The van der Waals surface area contributed by atoms with E-state index in [1.54, 1.807) is 0 Å². The van der Waals surface area contributed by atoms with Gasteiger partial charge in [0.2, 0.25) is 0 Å². The molecule has 0 aromatic heterocycles. The van der Waals surface area contributed by atoms with Gasteiger partial charge in [0.1, 0.15) is 11.5 Å².